The minimum Gasteiger partial charge on any atom is -0.457 e. The zero-order chi connectivity index (χ0) is 24.0. The summed E-state index contributed by atoms with van der Waals surface area (Å²) in [7, 11) is 0. The van der Waals surface area contributed by atoms with E-state index in [-0.39, 0.29) is 5.91 Å². The zero-order valence-corrected chi connectivity index (χ0v) is 20.7. The van der Waals surface area contributed by atoms with Gasteiger partial charge in [0, 0.05) is 29.4 Å². The number of para-hydroxylation sites is 1. The van der Waals surface area contributed by atoms with Crippen LogP contribution in [-0.4, -0.2) is 44.4 Å². The van der Waals surface area contributed by atoms with Gasteiger partial charge in [-0.15, -0.1) is 10.2 Å². The molecule has 5 rings (SSSR count). The second-order valence-electron chi connectivity index (χ2n) is 8.29. The number of likely N-dealkylation sites (tertiary alicyclic amines) is 1. The van der Waals surface area contributed by atoms with Gasteiger partial charge in [0.2, 0.25) is 5.91 Å². The van der Waals surface area contributed by atoms with Crippen LogP contribution in [0.25, 0.3) is 17.1 Å². The van der Waals surface area contributed by atoms with Crippen molar-refractivity contribution in [2.75, 3.05) is 18.8 Å². The third-order valence-electron chi connectivity index (χ3n) is 5.84. The molecule has 178 valence electrons. The minimum absolute atomic E-state index is 0.143. The van der Waals surface area contributed by atoms with Crippen molar-refractivity contribution in [3.63, 3.8) is 0 Å². The summed E-state index contributed by atoms with van der Waals surface area (Å²) in [5.74, 6) is 2.66. The Hall–Kier alpha value is -3.29. The molecule has 1 aliphatic rings. The monoisotopic (exact) mass is 504 g/mol. The molecule has 1 saturated heterocycles. The first-order valence-electron chi connectivity index (χ1n) is 11.6. The van der Waals surface area contributed by atoms with Gasteiger partial charge in [-0.25, -0.2) is 0 Å². The molecule has 8 heteroatoms. The average Bonchev–Trinajstić information content (AvgIpc) is 3.33. The molecule has 0 radical (unpaired) electrons. The largest absolute Gasteiger partial charge is 0.457 e. The summed E-state index contributed by atoms with van der Waals surface area (Å²) < 4.78 is 7.92. The second kappa shape index (κ2) is 11.0. The Morgan fingerprint density at radius 3 is 2.26 bits per heavy atom. The third-order valence-corrected chi connectivity index (χ3v) is 7.01. The Kier molecular flexibility index (Phi) is 7.35. The number of halogens is 1. The Labute approximate surface area is 213 Å². The van der Waals surface area contributed by atoms with Gasteiger partial charge in [-0.1, -0.05) is 41.6 Å². The highest BCUT2D eigenvalue weighted by atomic mass is 35.5. The fourth-order valence-corrected chi connectivity index (χ4v) is 5.01. The fraction of sp³-hybridized carbons (Fsp3) is 0.222. The summed E-state index contributed by atoms with van der Waals surface area (Å²) in [5, 5.41) is 10.2. The van der Waals surface area contributed by atoms with E-state index >= 15 is 0 Å². The molecule has 3 aromatic carbocycles. The van der Waals surface area contributed by atoms with Crippen molar-refractivity contribution in [3.8, 4) is 28.6 Å². The highest BCUT2D eigenvalue weighted by molar-refractivity contribution is 7.99. The first kappa shape index (κ1) is 23.5. The van der Waals surface area contributed by atoms with Crippen molar-refractivity contribution in [2.45, 2.75) is 24.4 Å². The molecule has 2 heterocycles. The lowest BCUT2D eigenvalue weighted by atomic mass is 10.1. The molecule has 0 unspecified atom stereocenters. The Balaban J connectivity index is 1.42. The molecule has 35 heavy (non-hydrogen) atoms. The van der Waals surface area contributed by atoms with Crippen LogP contribution in [0.15, 0.2) is 84.0 Å². The van der Waals surface area contributed by atoms with Crippen molar-refractivity contribution >= 4 is 29.3 Å². The number of nitrogens with zero attached hydrogens (tertiary/aromatic N) is 4. The molecule has 0 bridgehead atoms. The molecule has 0 N–H and O–H groups in total. The van der Waals surface area contributed by atoms with Crippen LogP contribution in [-0.2, 0) is 4.79 Å². The summed E-state index contributed by atoms with van der Waals surface area (Å²) in [4.78, 5) is 14.7. The van der Waals surface area contributed by atoms with Gasteiger partial charge in [-0.2, -0.15) is 0 Å². The molecule has 1 fully saturated rings. The molecular weight excluding hydrogens is 480 g/mol. The molecule has 0 atom stereocenters. The molecule has 6 nitrogen and oxygen atoms in total. The van der Waals surface area contributed by atoms with Gasteiger partial charge < -0.3 is 9.64 Å². The number of benzene rings is 3. The van der Waals surface area contributed by atoms with E-state index in [1.165, 1.54) is 18.2 Å². The number of carbonyl (C=O) groups is 1. The fourth-order valence-electron chi connectivity index (χ4n) is 4.03. The van der Waals surface area contributed by atoms with Gasteiger partial charge >= 0.3 is 0 Å². The molecule has 4 aromatic rings. The van der Waals surface area contributed by atoms with E-state index < -0.39 is 0 Å². The van der Waals surface area contributed by atoms with Gasteiger partial charge in [0.15, 0.2) is 11.0 Å². The molecule has 0 saturated carbocycles. The lowest BCUT2D eigenvalue weighted by Gasteiger charge is -2.26. The maximum atomic E-state index is 12.8. The van der Waals surface area contributed by atoms with Crippen LogP contribution < -0.4 is 4.74 Å². The number of hydrogen-bond donors (Lipinski definition) is 0. The topological polar surface area (TPSA) is 60.3 Å². The summed E-state index contributed by atoms with van der Waals surface area (Å²) in [6.45, 7) is 1.68. The van der Waals surface area contributed by atoms with Crippen molar-refractivity contribution in [1.82, 2.24) is 19.7 Å². The molecule has 1 aromatic heterocycles. The summed E-state index contributed by atoms with van der Waals surface area (Å²) in [6.07, 6.45) is 3.34. The van der Waals surface area contributed by atoms with Crippen molar-refractivity contribution < 1.29 is 9.53 Å². The van der Waals surface area contributed by atoms with Crippen LogP contribution in [0.4, 0.5) is 0 Å². The second-order valence-corrected chi connectivity index (χ2v) is 9.67. The highest BCUT2D eigenvalue weighted by Crippen LogP contribution is 2.30. The predicted octanol–water partition coefficient (Wildman–Crippen LogP) is 6.48. The number of aromatic nitrogens is 3. The number of piperidine rings is 1. The van der Waals surface area contributed by atoms with E-state index in [0.717, 1.165) is 48.7 Å². The SMILES string of the molecule is O=C(CSc1nnc(-c2ccc(Cl)cc2)n1-c1ccc(Oc2ccccc2)cc1)N1CCCCC1. The van der Waals surface area contributed by atoms with Crippen LogP contribution in [0.3, 0.4) is 0 Å². The van der Waals surface area contributed by atoms with E-state index in [4.69, 9.17) is 16.3 Å². The van der Waals surface area contributed by atoms with Gasteiger partial charge in [-0.3, -0.25) is 9.36 Å². The number of hydrogen-bond acceptors (Lipinski definition) is 5. The van der Waals surface area contributed by atoms with Gasteiger partial charge in [-0.05, 0) is 79.9 Å². The van der Waals surface area contributed by atoms with Crippen molar-refractivity contribution in [1.29, 1.82) is 0 Å². The molecule has 0 spiro atoms. The lowest BCUT2D eigenvalue weighted by Crippen LogP contribution is -2.36. The Bertz CT molecular complexity index is 1270. The Morgan fingerprint density at radius 1 is 0.857 bits per heavy atom. The third kappa shape index (κ3) is 5.69. The highest BCUT2D eigenvalue weighted by Gasteiger charge is 2.20. The summed E-state index contributed by atoms with van der Waals surface area (Å²) in [6, 6.07) is 24.9. The maximum absolute atomic E-state index is 12.8. The molecule has 1 aliphatic heterocycles. The van der Waals surface area contributed by atoms with Gasteiger partial charge in [0.25, 0.3) is 0 Å². The van der Waals surface area contributed by atoms with E-state index in [9.17, 15) is 4.79 Å². The summed E-state index contributed by atoms with van der Waals surface area (Å²) >= 11 is 7.51. The smallest absolute Gasteiger partial charge is 0.233 e. The summed E-state index contributed by atoms with van der Waals surface area (Å²) in [5.41, 5.74) is 1.77. The molecule has 1 amide bonds. The average molecular weight is 505 g/mol. The van der Waals surface area contributed by atoms with Gasteiger partial charge in [0.1, 0.15) is 11.5 Å². The van der Waals surface area contributed by atoms with Crippen LogP contribution >= 0.6 is 23.4 Å². The van der Waals surface area contributed by atoms with Crippen LogP contribution in [0.5, 0.6) is 11.5 Å². The predicted molar refractivity (Wildman–Crippen MR) is 139 cm³/mol. The quantitative estimate of drug-likeness (QED) is 0.269. The number of thioether (sulfide) groups is 1. The Morgan fingerprint density at radius 2 is 1.54 bits per heavy atom. The first-order chi connectivity index (χ1) is 17.2. The minimum atomic E-state index is 0.143. The number of carbonyl (C=O) groups excluding carboxylic acids is 1. The number of rotatable bonds is 7. The normalized spacial score (nSPS) is 13.6. The van der Waals surface area contributed by atoms with E-state index in [2.05, 4.69) is 10.2 Å². The molecular formula is C27H25ClN4O2S. The van der Waals surface area contributed by atoms with Crippen LogP contribution in [0.2, 0.25) is 5.02 Å². The lowest BCUT2D eigenvalue weighted by molar-refractivity contribution is -0.129. The van der Waals surface area contributed by atoms with Crippen LogP contribution in [0.1, 0.15) is 19.3 Å². The zero-order valence-electron chi connectivity index (χ0n) is 19.1. The van der Waals surface area contributed by atoms with E-state index in [1.54, 1.807) is 0 Å². The van der Waals surface area contributed by atoms with Crippen LogP contribution in [0, 0.1) is 0 Å². The number of amides is 1. The van der Waals surface area contributed by atoms with Gasteiger partial charge in [0.05, 0.1) is 5.75 Å². The van der Waals surface area contributed by atoms with E-state index in [0.29, 0.717) is 21.8 Å². The first-order valence-corrected chi connectivity index (χ1v) is 13.0. The maximum Gasteiger partial charge on any atom is 0.233 e. The standard InChI is InChI=1S/C27H25ClN4O2S/c28-21-11-9-20(10-12-21)26-29-30-27(35-19-25(33)31-17-5-2-6-18-31)32(26)22-13-15-24(16-14-22)34-23-7-3-1-4-8-23/h1,3-4,7-16H,2,5-6,17-19H2. The number of ether oxygens (including phenoxy) is 1. The van der Waals surface area contributed by atoms with Crippen molar-refractivity contribution in [3.05, 3.63) is 83.9 Å². The van der Waals surface area contributed by atoms with E-state index in [1.807, 2.05) is 88.3 Å². The molecule has 0 aliphatic carbocycles. The van der Waals surface area contributed by atoms with Crippen molar-refractivity contribution in [2.24, 2.45) is 0 Å².